The Morgan fingerprint density at radius 2 is 2.20 bits per heavy atom. The number of halogens is 3. The van der Waals surface area contributed by atoms with E-state index in [1.807, 2.05) is 0 Å². The van der Waals surface area contributed by atoms with Crippen molar-refractivity contribution >= 4 is 34.3 Å². The van der Waals surface area contributed by atoms with Crippen LogP contribution in [0.2, 0.25) is 0 Å². The summed E-state index contributed by atoms with van der Waals surface area (Å²) in [6.07, 6.45) is -0.284. The summed E-state index contributed by atoms with van der Waals surface area (Å²) in [5, 5.41) is 8.49. The molecule has 0 aromatic heterocycles. The van der Waals surface area contributed by atoms with Crippen molar-refractivity contribution in [3.63, 3.8) is 0 Å². The van der Waals surface area contributed by atoms with Gasteiger partial charge in [0.05, 0.1) is 6.42 Å². The average molecular weight is 299 g/mol. The first-order valence-corrected chi connectivity index (χ1v) is 4.72. The molecule has 0 aliphatic carbocycles. The number of hydrogen-bond donors (Lipinski definition) is 2. The number of carbonyl (C=O) groups is 1. The van der Waals surface area contributed by atoms with Gasteiger partial charge in [-0.15, -0.1) is 12.4 Å². The Bertz CT molecular complexity index is 362. The summed E-state index contributed by atoms with van der Waals surface area (Å²) in [5.41, 5.74) is 5.73. The van der Waals surface area contributed by atoms with E-state index in [1.54, 1.807) is 0 Å². The largest absolute Gasteiger partial charge is 0.481 e. The van der Waals surface area contributed by atoms with E-state index in [9.17, 15) is 9.18 Å². The molecule has 3 N–H and O–H groups in total. The molecule has 1 atom stereocenters. The Morgan fingerprint density at radius 1 is 1.60 bits per heavy atom. The quantitative estimate of drug-likeness (QED) is 0.901. The third kappa shape index (κ3) is 4.15. The Labute approximate surface area is 101 Å². The van der Waals surface area contributed by atoms with Crippen LogP contribution in [0.25, 0.3) is 0 Å². The number of hydrogen-bond acceptors (Lipinski definition) is 2. The molecule has 1 rings (SSSR count). The minimum Gasteiger partial charge on any atom is -0.481 e. The molecule has 15 heavy (non-hydrogen) atoms. The maximum atomic E-state index is 13.2. The molecule has 0 radical (unpaired) electrons. The summed E-state index contributed by atoms with van der Waals surface area (Å²) in [4.78, 5) is 10.4. The van der Waals surface area contributed by atoms with Crippen LogP contribution in [0.3, 0.4) is 0 Å². The van der Waals surface area contributed by atoms with Crippen LogP contribution < -0.4 is 5.73 Å². The van der Waals surface area contributed by atoms with E-state index in [1.165, 1.54) is 18.2 Å². The molecule has 1 aromatic carbocycles. The van der Waals surface area contributed by atoms with Crippen molar-refractivity contribution in [3.05, 3.63) is 34.1 Å². The molecule has 0 spiro atoms. The van der Waals surface area contributed by atoms with Crippen molar-refractivity contribution in [1.82, 2.24) is 0 Å². The number of rotatable bonds is 3. The van der Waals surface area contributed by atoms with Gasteiger partial charge in [0, 0.05) is 16.1 Å². The molecular weight excluding hydrogens is 288 g/mol. The number of carboxylic acid groups (broad SMARTS) is 1. The normalized spacial score (nSPS) is 11.7. The lowest BCUT2D eigenvalue weighted by atomic mass is 10.0. The van der Waals surface area contributed by atoms with Crippen molar-refractivity contribution in [3.8, 4) is 0 Å². The highest BCUT2D eigenvalue weighted by molar-refractivity contribution is 9.10. The molecule has 0 saturated heterocycles. The van der Waals surface area contributed by atoms with Crippen molar-refractivity contribution < 1.29 is 14.3 Å². The second kappa shape index (κ2) is 6.05. The zero-order valence-electron chi connectivity index (χ0n) is 7.61. The average Bonchev–Trinajstić information content (AvgIpc) is 2.08. The smallest absolute Gasteiger partial charge is 0.305 e. The summed E-state index contributed by atoms with van der Waals surface area (Å²) < 4.78 is 13.9. The molecule has 0 heterocycles. The Balaban J connectivity index is 0.00000196. The molecule has 3 nitrogen and oxygen atoms in total. The predicted octanol–water partition coefficient (Wildman–Crippen LogP) is 2.48. The van der Waals surface area contributed by atoms with E-state index in [0.29, 0.717) is 4.47 Å². The van der Waals surface area contributed by atoms with Crippen molar-refractivity contribution in [2.24, 2.45) is 5.73 Å². The first-order chi connectivity index (χ1) is 6.50. The summed E-state index contributed by atoms with van der Waals surface area (Å²) in [6.45, 7) is 0. The van der Waals surface area contributed by atoms with Gasteiger partial charge in [0.2, 0.25) is 0 Å². The first kappa shape index (κ1) is 14.3. The number of nitrogens with two attached hydrogens (primary N) is 1. The predicted molar refractivity (Wildman–Crippen MR) is 60.5 cm³/mol. The summed E-state index contributed by atoms with van der Waals surface area (Å²) in [5.74, 6) is -1.53. The third-order valence-electron chi connectivity index (χ3n) is 1.75. The lowest BCUT2D eigenvalue weighted by molar-refractivity contribution is -0.137. The zero-order chi connectivity index (χ0) is 10.7. The molecule has 6 heteroatoms. The Morgan fingerprint density at radius 3 is 2.73 bits per heavy atom. The maximum Gasteiger partial charge on any atom is 0.305 e. The molecular formula is C9H10BrClFNO2. The number of benzene rings is 1. The van der Waals surface area contributed by atoms with Gasteiger partial charge in [0.1, 0.15) is 5.82 Å². The van der Waals surface area contributed by atoms with Gasteiger partial charge < -0.3 is 10.8 Å². The van der Waals surface area contributed by atoms with E-state index < -0.39 is 17.8 Å². The topological polar surface area (TPSA) is 63.3 Å². The van der Waals surface area contributed by atoms with Crippen LogP contribution in [0.4, 0.5) is 4.39 Å². The lowest BCUT2D eigenvalue weighted by Crippen LogP contribution is -2.16. The minimum absolute atomic E-state index is 0. The fourth-order valence-corrected chi connectivity index (χ4v) is 1.48. The van der Waals surface area contributed by atoms with Crippen LogP contribution in [0.5, 0.6) is 0 Å². The van der Waals surface area contributed by atoms with Crippen LogP contribution in [-0.2, 0) is 4.79 Å². The Hall–Kier alpha value is -0.650. The van der Waals surface area contributed by atoms with Gasteiger partial charge in [-0.3, -0.25) is 4.79 Å². The SMILES string of the molecule is Cl.N[C@H](CC(=O)O)c1cc(Br)ccc1F. The molecule has 0 bridgehead atoms. The van der Waals surface area contributed by atoms with E-state index in [-0.39, 0.29) is 24.4 Å². The number of aliphatic carboxylic acids is 1. The van der Waals surface area contributed by atoms with Crippen LogP contribution in [0.15, 0.2) is 22.7 Å². The minimum atomic E-state index is -1.04. The molecule has 0 saturated carbocycles. The van der Waals surface area contributed by atoms with Gasteiger partial charge in [-0.25, -0.2) is 4.39 Å². The van der Waals surface area contributed by atoms with Gasteiger partial charge in [-0.2, -0.15) is 0 Å². The maximum absolute atomic E-state index is 13.2. The molecule has 0 amide bonds. The molecule has 1 aromatic rings. The third-order valence-corrected chi connectivity index (χ3v) is 2.25. The molecule has 0 aliphatic rings. The molecule has 84 valence electrons. The van der Waals surface area contributed by atoms with Crippen molar-refractivity contribution in [1.29, 1.82) is 0 Å². The van der Waals surface area contributed by atoms with E-state index in [0.717, 1.165) is 0 Å². The van der Waals surface area contributed by atoms with Gasteiger partial charge >= 0.3 is 5.97 Å². The Kier molecular flexibility index (Phi) is 5.79. The van der Waals surface area contributed by atoms with E-state index in [2.05, 4.69) is 15.9 Å². The van der Waals surface area contributed by atoms with Crippen LogP contribution >= 0.6 is 28.3 Å². The van der Waals surface area contributed by atoms with Gasteiger partial charge in [0.25, 0.3) is 0 Å². The van der Waals surface area contributed by atoms with Crippen LogP contribution in [0, 0.1) is 5.82 Å². The summed E-state index contributed by atoms with van der Waals surface area (Å²) in [6, 6.07) is 3.46. The fraction of sp³-hybridized carbons (Fsp3) is 0.222. The van der Waals surface area contributed by atoms with E-state index >= 15 is 0 Å². The standard InChI is InChI=1S/C9H9BrFNO2.ClH/c10-5-1-2-7(11)6(3-5)8(12)4-9(13)14;/h1-3,8H,4,12H2,(H,13,14);1H/t8-;/m1./s1. The van der Waals surface area contributed by atoms with E-state index in [4.69, 9.17) is 10.8 Å². The molecule has 0 fully saturated rings. The van der Waals surface area contributed by atoms with Crippen molar-refractivity contribution in [2.75, 3.05) is 0 Å². The zero-order valence-corrected chi connectivity index (χ0v) is 10.0. The fourth-order valence-electron chi connectivity index (χ4n) is 1.10. The second-order valence-corrected chi connectivity index (χ2v) is 3.79. The molecule has 0 aliphatic heterocycles. The van der Waals surface area contributed by atoms with Crippen LogP contribution in [-0.4, -0.2) is 11.1 Å². The van der Waals surface area contributed by atoms with Gasteiger partial charge in [-0.05, 0) is 18.2 Å². The number of carboxylic acids is 1. The lowest BCUT2D eigenvalue weighted by Gasteiger charge is -2.10. The first-order valence-electron chi connectivity index (χ1n) is 3.93. The second-order valence-electron chi connectivity index (χ2n) is 2.87. The van der Waals surface area contributed by atoms with Crippen LogP contribution in [0.1, 0.15) is 18.0 Å². The highest BCUT2D eigenvalue weighted by Gasteiger charge is 2.14. The highest BCUT2D eigenvalue weighted by Crippen LogP contribution is 2.22. The monoisotopic (exact) mass is 297 g/mol. The van der Waals surface area contributed by atoms with Gasteiger partial charge in [-0.1, -0.05) is 15.9 Å². The molecule has 0 unspecified atom stereocenters. The summed E-state index contributed by atoms with van der Waals surface area (Å²) in [7, 11) is 0. The highest BCUT2D eigenvalue weighted by atomic mass is 79.9. The van der Waals surface area contributed by atoms with Crippen molar-refractivity contribution in [2.45, 2.75) is 12.5 Å². The van der Waals surface area contributed by atoms with Gasteiger partial charge in [0.15, 0.2) is 0 Å². The summed E-state index contributed by atoms with van der Waals surface area (Å²) >= 11 is 3.16.